The van der Waals surface area contributed by atoms with E-state index < -0.39 is 20.0 Å². The van der Waals surface area contributed by atoms with Crippen molar-refractivity contribution in [1.29, 1.82) is 0 Å². The Morgan fingerprint density at radius 3 is 1.21 bits per heavy atom. The predicted molar refractivity (Wildman–Crippen MR) is 346 cm³/mol. The third-order valence-corrected chi connectivity index (χ3v) is 14.3. The van der Waals surface area contributed by atoms with Crippen molar-refractivity contribution in [3.8, 4) is 0 Å². The Bertz CT molecular complexity index is 1830. The van der Waals surface area contributed by atoms with Gasteiger partial charge in [-0.15, -0.1) is 0 Å². The second-order valence-corrected chi connectivity index (χ2v) is 23.6. The lowest BCUT2D eigenvalue weighted by atomic mass is 10.1. The van der Waals surface area contributed by atoms with E-state index in [4.69, 9.17) is 13.8 Å². The summed E-state index contributed by atoms with van der Waals surface area (Å²) >= 11 is 0. The fraction of sp³-hybridized carbons (Fsp3) is 0.657. The largest absolute Gasteiger partial charge is 0.472 e. The molecule has 9 nitrogen and oxygen atoms in total. The molecule has 3 atom stereocenters. The third-order valence-electron chi connectivity index (χ3n) is 13.3. The van der Waals surface area contributed by atoms with Gasteiger partial charge in [-0.25, -0.2) is 4.57 Å². The first kappa shape index (κ1) is 76.1. The van der Waals surface area contributed by atoms with E-state index in [1.807, 2.05) is 33.3 Å². The van der Waals surface area contributed by atoms with Crippen molar-refractivity contribution in [2.45, 2.75) is 258 Å². The lowest BCUT2D eigenvalue weighted by Crippen LogP contribution is -2.47. The number of hydrogen-bond acceptors (Lipinski definition) is 6. The molecule has 0 spiro atoms. The minimum absolute atomic E-state index is 0.0251. The number of quaternary nitrogens is 1. The predicted octanol–water partition coefficient (Wildman–Crippen LogP) is 20.1. The molecular weight excluding hydrogens is 1010 g/mol. The van der Waals surface area contributed by atoms with Crippen molar-refractivity contribution in [2.24, 2.45) is 0 Å². The summed E-state index contributed by atoms with van der Waals surface area (Å²) < 4.78 is 30.7. The van der Waals surface area contributed by atoms with Gasteiger partial charge in [0.25, 0.3) is 0 Å². The SMILES string of the molecule is CC/C=C\C/C=C\C/C=C\C/C=C\C/C=C\C/C=C\CCCCCCCCCCC(=O)OC(/C=C\CCCCCCCCCCC)C(COP(=O)(O)OCC[N+](C)(C)C)NC(=O)CCCCC/C=C/C/C=C/C/C=C/C/C=C/CC. The number of ether oxygens (including phenoxy) is 1. The monoisotopic (exact) mass is 1130 g/mol. The first-order chi connectivity index (χ1) is 38.9. The quantitative estimate of drug-likeness (QED) is 0.0205. The van der Waals surface area contributed by atoms with Crippen LogP contribution in [0, 0.1) is 0 Å². The summed E-state index contributed by atoms with van der Waals surface area (Å²) in [6.07, 6.45) is 83.2. The molecule has 0 aliphatic rings. The highest BCUT2D eigenvalue weighted by atomic mass is 31.2. The molecular formula is C70H120N2O7P+. The third kappa shape index (κ3) is 58.8. The zero-order valence-corrected chi connectivity index (χ0v) is 52.9. The molecule has 0 aromatic rings. The second-order valence-electron chi connectivity index (χ2n) is 22.2. The van der Waals surface area contributed by atoms with Crippen LogP contribution in [0.25, 0.3) is 0 Å². The smallest absolute Gasteiger partial charge is 0.456 e. The Hall–Kier alpha value is -3.85. The van der Waals surface area contributed by atoms with Crippen molar-refractivity contribution in [3.63, 3.8) is 0 Å². The first-order valence-corrected chi connectivity index (χ1v) is 33.5. The molecule has 0 radical (unpaired) electrons. The molecule has 0 aliphatic heterocycles. The second kappa shape index (κ2) is 58.4. The number of unbranched alkanes of at least 4 members (excludes halogenated alkanes) is 20. The van der Waals surface area contributed by atoms with Crippen LogP contribution in [0.15, 0.2) is 134 Å². The van der Waals surface area contributed by atoms with Crippen LogP contribution in [0.4, 0.5) is 0 Å². The zero-order chi connectivity index (χ0) is 58.6. The maximum Gasteiger partial charge on any atom is 0.472 e. The van der Waals surface area contributed by atoms with Gasteiger partial charge in [0.05, 0.1) is 33.8 Å². The van der Waals surface area contributed by atoms with Crippen molar-refractivity contribution in [3.05, 3.63) is 134 Å². The highest BCUT2D eigenvalue weighted by molar-refractivity contribution is 7.47. The number of nitrogens with one attached hydrogen (secondary N) is 1. The fourth-order valence-electron chi connectivity index (χ4n) is 8.46. The summed E-state index contributed by atoms with van der Waals surface area (Å²) in [5.74, 6) is -0.561. The van der Waals surface area contributed by atoms with Crippen LogP contribution in [0.5, 0.6) is 0 Å². The van der Waals surface area contributed by atoms with Crippen LogP contribution in [0.1, 0.15) is 245 Å². The van der Waals surface area contributed by atoms with Gasteiger partial charge in [0.15, 0.2) is 0 Å². The molecule has 10 heteroatoms. The summed E-state index contributed by atoms with van der Waals surface area (Å²) in [6.45, 7) is 6.73. The summed E-state index contributed by atoms with van der Waals surface area (Å²) in [5.41, 5.74) is 0. The average Bonchev–Trinajstić information content (AvgIpc) is 3.43. The van der Waals surface area contributed by atoms with Crippen LogP contribution in [-0.2, 0) is 27.9 Å². The van der Waals surface area contributed by atoms with E-state index in [0.717, 1.165) is 135 Å². The molecule has 456 valence electrons. The number of likely N-dealkylation sites (N-methyl/N-ethyl adjacent to an activating group) is 1. The number of carbonyl (C=O) groups is 2. The van der Waals surface area contributed by atoms with E-state index >= 15 is 0 Å². The summed E-state index contributed by atoms with van der Waals surface area (Å²) in [4.78, 5) is 37.7. The molecule has 0 saturated heterocycles. The van der Waals surface area contributed by atoms with E-state index in [-0.39, 0.29) is 37.9 Å². The number of phosphoric acid groups is 1. The van der Waals surface area contributed by atoms with Crippen molar-refractivity contribution in [2.75, 3.05) is 40.9 Å². The van der Waals surface area contributed by atoms with Crippen molar-refractivity contribution < 1.29 is 37.3 Å². The van der Waals surface area contributed by atoms with E-state index in [2.05, 4.69) is 148 Å². The van der Waals surface area contributed by atoms with Crippen molar-refractivity contribution >= 4 is 19.7 Å². The summed E-state index contributed by atoms with van der Waals surface area (Å²) in [7, 11) is 1.45. The lowest BCUT2D eigenvalue weighted by Gasteiger charge is -2.27. The number of carbonyl (C=O) groups excluding carboxylic acids is 2. The number of esters is 1. The van der Waals surface area contributed by atoms with Crippen LogP contribution in [0.2, 0.25) is 0 Å². The van der Waals surface area contributed by atoms with Gasteiger partial charge in [-0.2, -0.15) is 0 Å². The zero-order valence-electron chi connectivity index (χ0n) is 52.0. The van der Waals surface area contributed by atoms with Crippen LogP contribution in [-0.4, -0.2) is 74.3 Å². The topological polar surface area (TPSA) is 111 Å². The van der Waals surface area contributed by atoms with Gasteiger partial charge in [-0.3, -0.25) is 18.6 Å². The van der Waals surface area contributed by atoms with E-state index in [0.29, 0.717) is 17.4 Å². The molecule has 3 unspecified atom stereocenters. The molecule has 0 aliphatic carbocycles. The van der Waals surface area contributed by atoms with Crippen LogP contribution >= 0.6 is 7.82 Å². The van der Waals surface area contributed by atoms with Crippen LogP contribution < -0.4 is 5.32 Å². The Morgan fingerprint density at radius 1 is 0.450 bits per heavy atom. The molecule has 2 N–H and O–H groups in total. The standard InChI is InChI=1S/C70H119N2O7P/c1-7-10-13-16-19-22-25-27-29-31-32-33-34-35-36-37-38-39-40-41-43-45-48-51-54-57-60-63-70(74)79-68(61-58-55-52-49-46-24-21-18-15-12-9-3)67(66-78-80(75,76)77-65-64-72(4,5)6)71-69(73)62-59-56-53-50-47-44-42-30-28-26-23-20-17-14-11-8-2/h10-11,13-14,19-20,22-23,27-30,32-33,35-36,38-39,44,47,58,61,67-68H,7-9,12,15-18,21,24-26,31,34,37,40-43,45-46,48-57,59-60,62-66H2,1-6H3,(H-,71,73,75,76)/p+1/b13-10-,14-11+,22-19-,23-20+,29-27-,30-28+,33-32-,36-35-,39-38-,47-44+,61-58-. The van der Waals surface area contributed by atoms with Gasteiger partial charge in [-0.1, -0.05) is 245 Å². The van der Waals surface area contributed by atoms with Crippen LogP contribution in [0.3, 0.4) is 0 Å². The summed E-state index contributed by atoms with van der Waals surface area (Å²) in [5, 5.41) is 3.03. The highest BCUT2D eigenvalue weighted by Gasteiger charge is 2.30. The maximum atomic E-state index is 13.5. The van der Waals surface area contributed by atoms with E-state index in [1.54, 1.807) is 0 Å². The number of amides is 1. The average molecular weight is 1130 g/mol. The van der Waals surface area contributed by atoms with Gasteiger partial charge in [0.1, 0.15) is 19.3 Å². The van der Waals surface area contributed by atoms with Gasteiger partial charge >= 0.3 is 13.8 Å². The molecule has 0 rings (SSSR count). The Labute approximate surface area is 492 Å². The normalized spacial score (nSPS) is 14.5. The molecule has 1 amide bonds. The van der Waals surface area contributed by atoms with Gasteiger partial charge in [0.2, 0.25) is 5.91 Å². The molecule has 0 aromatic heterocycles. The van der Waals surface area contributed by atoms with E-state index in [1.165, 1.54) is 70.6 Å². The highest BCUT2D eigenvalue weighted by Crippen LogP contribution is 2.43. The van der Waals surface area contributed by atoms with Crippen molar-refractivity contribution in [1.82, 2.24) is 5.32 Å². The van der Waals surface area contributed by atoms with Gasteiger partial charge < -0.3 is 19.4 Å². The van der Waals surface area contributed by atoms with Gasteiger partial charge in [0, 0.05) is 12.8 Å². The molecule has 0 heterocycles. The minimum Gasteiger partial charge on any atom is -0.456 e. The molecule has 0 bridgehead atoms. The number of rotatable bonds is 56. The van der Waals surface area contributed by atoms with E-state index in [9.17, 15) is 19.0 Å². The number of allylic oxidation sites excluding steroid dienone is 21. The Kier molecular flexibility index (Phi) is 55.5. The Balaban J connectivity index is 5.17. The maximum absolute atomic E-state index is 13.5. The molecule has 0 aromatic carbocycles. The number of nitrogens with zero attached hydrogens (tertiary/aromatic N) is 1. The first-order valence-electron chi connectivity index (χ1n) is 32.0. The fourth-order valence-corrected chi connectivity index (χ4v) is 9.20. The molecule has 0 fully saturated rings. The Morgan fingerprint density at radius 2 is 0.800 bits per heavy atom. The minimum atomic E-state index is -4.47. The van der Waals surface area contributed by atoms with Gasteiger partial charge in [-0.05, 0) is 122 Å². The number of phosphoric ester groups is 1. The molecule has 0 saturated carbocycles. The lowest BCUT2D eigenvalue weighted by molar-refractivity contribution is -0.870. The number of hydrogen-bond donors (Lipinski definition) is 2. The summed E-state index contributed by atoms with van der Waals surface area (Å²) in [6, 6.07) is -0.878. The molecule has 80 heavy (non-hydrogen) atoms.